The normalized spacial score (nSPS) is 12.6. The molecule has 0 aromatic rings. The number of carbonyl (C=O) groups excluding carboxylic acids is 3. The van der Waals surface area contributed by atoms with Gasteiger partial charge in [0.2, 0.25) is 0 Å². The molecule has 0 aromatic heterocycles. The van der Waals surface area contributed by atoms with Crippen LogP contribution in [0, 0.1) is 0 Å². The highest BCUT2D eigenvalue weighted by Crippen LogP contribution is 2.17. The summed E-state index contributed by atoms with van der Waals surface area (Å²) in [5.41, 5.74) is 0. The monoisotopic (exact) mass is 1140 g/mol. The Bertz CT molecular complexity index is 1550. The molecule has 0 aliphatic rings. The lowest BCUT2D eigenvalue weighted by Crippen LogP contribution is -2.30. The Balaban J connectivity index is 4.27. The van der Waals surface area contributed by atoms with Crippen LogP contribution in [0.4, 0.5) is 0 Å². The molecule has 474 valence electrons. The Morgan fingerprint density at radius 1 is 0.256 bits per heavy atom. The Hall–Kier alpha value is -3.41. The van der Waals surface area contributed by atoms with E-state index in [9.17, 15) is 14.4 Å². The Kier molecular flexibility index (Phi) is 67.2. The average molecular weight is 1140 g/mol. The summed E-state index contributed by atoms with van der Waals surface area (Å²) >= 11 is 0. The van der Waals surface area contributed by atoms with Gasteiger partial charge in [0.15, 0.2) is 6.10 Å². The molecule has 0 saturated heterocycles. The maximum absolute atomic E-state index is 13.0. The summed E-state index contributed by atoms with van der Waals surface area (Å²) < 4.78 is 17.0. The zero-order chi connectivity index (χ0) is 59.2. The predicted molar refractivity (Wildman–Crippen MR) is 358 cm³/mol. The van der Waals surface area contributed by atoms with Gasteiger partial charge in [-0.15, -0.1) is 0 Å². The molecule has 0 heterocycles. The molecule has 0 radical (unpaired) electrons. The highest BCUT2D eigenvalue weighted by Gasteiger charge is 2.19. The van der Waals surface area contributed by atoms with Gasteiger partial charge in [-0.3, -0.25) is 14.4 Å². The molecule has 0 aromatic carbocycles. The summed E-state index contributed by atoms with van der Waals surface area (Å²) in [5.74, 6) is -0.870. The maximum atomic E-state index is 13.0. The fourth-order valence-corrected chi connectivity index (χ4v) is 10.3. The third-order valence-electron chi connectivity index (χ3n) is 15.6. The van der Waals surface area contributed by atoms with E-state index in [2.05, 4.69) is 106 Å². The minimum Gasteiger partial charge on any atom is -0.462 e. The van der Waals surface area contributed by atoms with Crippen LogP contribution < -0.4 is 0 Å². The van der Waals surface area contributed by atoms with Crippen LogP contribution >= 0.6 is 0 Å². The van der Waals surface area contributed by atoms with E-state index in [-0.39, 0.29) is 31.1 Å². The molecule has 82 heavy (non-hydrogen) atoms. The first-order valence-corrected chi connectivity index (χ1v) is 35.6. The van der Waals surface area contributed by atoms with Crippen LogP contribution in [0.25, 0.3) is 0 Å². The molecule has 1 unspecified atom stereocenters. The molecule has 0 fully saturated rings. The fraction of sp³-hybridized carbons (Fsp3) is 0.776. The van der Waals surface area contributed by atoms with Crippen molar-refractivity contribution in [2.45, 2.75) is 367 Å². The molecule has 0 rings (SSSR count). The summed E-state index contributed by atoms with van der Waals surface area (Å²) in [5, 5.41) is 0. The molecule has 0 saturated carbocycles. The van der Waals surface area contributed by atoms with E-state index in [0.29, 0.717) is 19.3 Å². The quantitative estimate of drug-likeness (QED) is 0.0261. The second kappa shape index (κ2) is 70.1. The van der Waals surface area contributed by atoms with Crippen LogP contribution in [0.15, 0.2) is 85.1 Å². The first-order chi connectivity index (χ1) is 40.5. The first-order valence-electron chi connectivity index (χ1n) is 35.6. The van der Waals surface area contributed by atoms with Crippen LogP contribution in [0.5, 0.6) is 0 Å². The number of hydrogen-bond donors (Lipinski definition) is 0. The maximum Gasteiger partial charge on any atom is 0.306 e. The van der Waals surface area contributed by atoms with E-state index >= 15 is 0 Å². The van der Waals surface area contributed by atoms with Gasteiger partial charge in [0.25, 0.3) is 0 Å². The Labute approximate surface area is 509 Å². The van der Waals surface area contributed by atoms with Gasteiger partial charge in [-0.2, -0.15) is 0 Å². The molecule has 0 N–H and O–H groups in total. The molecule has 0 amide bonds. The van der Waals surface area contributed by atoms with E-state index in [4.69, 9.17) is 14.2 Å². The Morgan fingerprint density at radius 2 is 0.476 bits per heavy atom. The van der Waals surface area contributed by atoms with Gasteiger partial charge in [-0.25, -0.2) is 0 Å². The summed E-state index contributed by atoms with van der Waals surface area (Å²) in [4.78, 5) is 38.4. The number of rotatable bonds is 65. The van der Waals surface area contributed by atoms with Gasteiger partial charge in [0.05, 0.1) is 0 Å². The highest BCUT2D eigenvalue weighted by atomic mass is 16.6. The van der Waals surface area contributed by atoms with Gasteiger partial charge < -0.3 is 14.2 Å². The van der Waals surface area contributed by atoms with Crippen LogP contribution in [-0.2, 0) is 28.6 Å². The zero-order valence-corrected chi connectivity index (χ0v) is 54.5. The van der Waals surface area contributed by atoms with Crippen LogP contribution in [0.2, 0.25) is 0 Å². The van der Waals surface area contributed by atoms with E-state index in [0.717, 1.165) is 96.3 Å². The van der Waals surface area contributed by atoms with Crippen molar-refractivity contribution in [1.82, 2.24) is 0 Å². The van der Waals surface area contributed by atoms with Crippen molar-refractivity contribution < 1.29 is 28.6 Å². The number of carbonyl (C=O) groups is 3. The minimum absolute atomic E-state index is 0.0775. The smallest absolute Gasteiger partial charge is 0.306 e. The SMILES string of the molecule is CC/C=C\C/C=C\C/C=C\C/C=C\C/C=C\CCCCCCCCCCCCCCCC(=O)OCC(COC(=O)CCCCCCC/C=C\CCCCCCC)OC(=O)CCCCCCCCCCC/C=C\CCCCCCCCCC. The van der Waals surface area contributed by atoms with Crippen molar-refractivity contribution in [3.63, 3.8) is 0 Å². The van der Waals surface area contributed by atoms with Crippen LogP contribution in [0.3, 0.4) is 0 Å². The lowest BCUT2D eigenvalue weighted by Gasteiger charge is -2.18. The lowest BCUT2D eigenvalue weighted by atomic mass is 10.0. The van der Waals surface area contributed by atoms with E-state index in [1.165, 1.54) is 225 Å². The molecular weight excluding hydrogens is 1010 g/mol. The van der Waals surface area contributed by atoms with Crippen molar-refractivity contribution in [2.24, 2.45) is 0 Å². The van der Waals surface area contributed by atoms with Gasteiger partial charge in [0.1, 0.15) is 13.2 Å². The highest BCUT2D eigenvalue weighted by molar-refractivity contribution is 5.71. The number of unbranched alkanes of at least 4 members (excludes halogenated alkanes) is 40. The summed E-state index contributed by atoms with van der Waals surface area (Å²) in [7, 11) is 0. The standard InChI is InChI=1S/C76H134O6/c1-4-7-10-13-16-19-22-25-28-30-32-34-35-36-37-38-39-40-41-43-44-46-48-51-54-57-60-63-66-69-75(78)81-72-73(71-80-74(77)68-65-62-59-56-53-50-27-24-21-18-15-12-9-6-3)82-76(79)70-67-64-61-58-55-52-49-47-45-42-33-31-29-26-23-20-17-14-11-8-5-2/h7,10,16,19,24-25,27-28,31-34,36-37,73H,4-6,8-9,11-15,17-18,20-23,26,29-30,35,38-72H2,1-3H3/b10-7-,19-16-,27-24-,28-25-,33-31-,34-32-,37-36-. The molecular formula is C76H134O6. The van der Waals surface area contributed by atoms with Gasteiger partial charge in [-0.05, 0) is 116 Å². The molecule has 0 bridgehead atoms. The molecule has 6 nitrogen and oxygen atoms in total. The first kappa shape index (κ1) is 78.6. The van der Waals surface area contributed by atoms with E-state index in [1.807, 2.05) is 0 Å². The number of allylic oxidation sites excluding steroid dienone is 14. The van der Waals surface area contributed by atoms with Gasteiger partial charge in [0, 0.05) is 19.3 Å². The van der Waals surface area contributed by atoms with E-state index < -0.39 is 6.10 Å². The Morgan fingerprint density at radius 3 is 0.756 bits per heavy atom. The second-order valence-corrected chi connectivity index (χ2v) is 23.8. The predicted octanol–water partition coefficient (Wildman–Crippen LogP) is 24.6. The van der Waals surface area contributed by atoms with Gasteiger partial charge in [-0.1, -0.05) is 311 Å². The number of hydrogen-bond acceptors (Lipinski definition) is 6. The third kappa shape index (κ3) is 67.4. The molecule has 0 aliphatic carbocycles. The van der Waals surface area contributed by atoms with Crippen molar-refractivity contribution in [3.8, 4) is 0 Å². The topological polar surface area (TPSA) is 78.9 Å². The van der Waals surface area contributed by atoms with Crippen molar-refractivity contribution >= 4 is 17.9 Å². The van der Waals surface area contributed by atoms with Crippen molar-refractivity contribution in [3.05, 3.63) is 85.1 Å². The zero-order valence-electron chi connectivity index (χ0n) is 54.5. The van der Waals surface area contributed by atoms with Crippen molar-refractivity contribution in [1.29, 1.82) is 0 Å². The number of esters is 3. The molecule has 0 aliphatic heterocycles. The summed E-state index contributed by atoms with van der Waals surface area (Å²) in [6.45, 7) is 6.56. The number of ether oxygens (including phenoxy) is 3. The summed E-state index contributed by atoms with van der Waals surface area (Å²) in [6.07, 6.45) is 93.2. The third-order valence-corrected chi connectivity index (χ3v) is 15.6. The van der Waals surface area contributed by atoms with Crippen LogP contribution in [-0.4, -0.2) is 37.2 Å². The van der Waals surface area contributed by atoms with Crippen molar-refractivity contribution in [2.75, 3.05) is 13.2 Å². The largest absolute Gasteiger partial charge is 0.462 e. The van der Waals surface area contributed by atoms with Gasteiger partial charge >= 0.3 is 17.9 Å². The molecule has 6 heteroatoms. The second-order valence-electron chi connectivity index (χ2n) is 23.8. The summed E-state index contributed by atoms with van der Waals surface area (Å²) in [6, 6.07) is 0. The fourth-order valence-electron chi connectivity index (χ4n) is 10.3. The average Bonchev–Trinajstić information content (AvgIpc) is 3.47. The molecule has 1 atom stereocenters. The van der Waals surface area contributed by atoms with Crippen LogP contribution in [0.1, 0.15) is 361 Å². The lowest BCUT2D eigenvalue weighted by molar-refractivity contribution is -0.167. The minimum atomic E-state index is -0.782. The van der Waals surface area contributed by atoms with E-state index in [1.54, 1.807) is 0 Å². The molecule has 0 spiro atoms.